The van der Waals surface area contributed by atoms with Crippen molar-refractivity contribution in [2.24, 2.45) is 0 Å². The molecule has 3 atom stereocenters. The number of alkyl halides is 1. The Hall–Kier alpha value is -1.67. The summed E-state index contributed by atoms with van der Waals surface area (Å²) in [6.07, 6.45) is 3.44. The number of benzene rings is 2. The lowest BCUT2D eigenvalue weighted by Crippen LogP contribution is -2.40. The molecule has 1 fully saturated rings. The summed E-state index contributed by atoms with van der Waals surface area (Å²) in [5.74, 6) is 0.164. The zero-order valence-electron chi connectivity index (χ0n) is 16.4. The van der Waals surface area contributed by atoms with Crippen molar-refractivity contribution in [2.45, 2.75) is 70.6 Å². The van der Waals surface area contributed by atoms with E-state index < -0.39 is 6.17 Å². The first-order chi connectivity index (χ1) is 12.5. The molecule has 0 aliphatic heterocycles. The standard InChI is InChI=1S/C24H32FN/c1-18(2)26(16-15-20-7-5-4-6-8-20)19(3)9-10-21-11-13-22(14-12-21)23-17-24(23)25/h4-8,11-14,18-19,23-24H,9-10,15-17H2,1-3H3. The highest BCUT2D eigenvalue weighted by molar-refractivity contribution is 5.30. The third kappa shape index (κ3) is 5.17. The molecule has 1 aliphatic carbocycles. The lowest BCUT2D eigenvalue weighted by Gasteiger charge is -2.33. The summed E-state index contributed by atoms with van der Waals surface area (Å²) in [6.45, 7) is 8.03. The molecule has 2 aromatic rings. The molecule has 0 aromatic heterocycles. The molecule has 0 amide bonds. The predicted molar refractivity (Wildman–Crippen MR) is 108 cm³/mol. The van der Waals surface area contributed by atoms with E-state index in [4.69, 9.17) is 0 Å². The van der Waals surface area contributed by atoms with Gasteiger partial charge >= 0.3 is 0 Å². The molecule has 0 bridgehead atoms. The van der Waals surface area contributed by atoms with Crippen molar-refractivity contribution < 1.29 is 4.39 Å². The summed E-state index contributed by atoms with van der Waals surface area (Å²) < 4.78 is 13.2. The zero-order valence-corrected chi connectivity index (χ0v) is 16.4. The van der Waals surface area contributed by atoms with Gasteiger partial charge in [0, 0.05) is 24.5 Å². The van der Waals surface area contributed by atoms with Crippen LogP contribution in [0, 0.1) is 0 Å². The van der Waals surface area contributed by atoms with Crippen LogP contribution in [0.4, 0.5) is 4.39 Å². The number of rotatable bonds is 9. The van der Waals surface area contributed by atoms with Gasteiger partial charge in [0.15, 0.2) is 0 Å². The molecule has 1 aliphatic rings. The minimum atomic E-state index is -0.606. The molecule has 0 spiro atoms. The van der Waals surface area contributed by atoms with Gasteiger partial charge in [0.1, 0.15) is 6.17 Å². The minimum Gasteiger partial charge on any atom is -0.298 e. The molecule has 1 saturated carbocycles. The van der Waals surface area contributed by atoms with Gasteiger partial charge in [-0.2, -0.15) is 0 Å². The van der Waals surface area contributed by atoms with E-state index in [-0.39, 0.29) is 5.92 Å². The number of hydrogen-bond acceptors (Lipinski definition) is 1. The average molecular weight is 354 g/mol. The second-order valence-electron chi connectivity index (χ2n) is 8.05. The van der Waals surface area contributed by atoms with Crippen LogP contribution in [0.3, 0.4) is 0 Å². The molecule has 1 nitrogen and oxygen atoms in total. The quantitative estimate of drug-likeness (QED) is 0.552. The Kier molecular flexibility index (Phi) is 6.48. The van der Waals surface area contributed by atoms with E-state index in [1.54, 1.807) is 0 Å². The highest BCUT2D eigenvalue weighted by atomic mass is 19.1. The SMILES string of the molecule is CC(C)N(CCc1ccccc1)C(C)CCc1ccc(C2CC2F)cc1. The first-order valence-corrected chi connectivity index (χ1v) is 10.1. The first kappa shape index (κ1) is 19.1. The third-order valence-electron chi connectivity index (χ3n) is 5.70. The maximum absolute atomic E-state index is 13.2. The van der Waals surface area contributed by atoms with Gasteiger partial charge in [-0.05, 0) is 63.1 Å². The van der Waals surface area contributed by atoms with Crippen molar-refractivity contribution >= 4 is 0 Å². The lowest BCUT2D eigenvalue weighted by atomic mass is 10.0. The van der Waals surface area contributed by atoms with Crippen LogP contribution in [0.25, 0.3) is 0 Å². The summed E-state index contributed by atoms with van der Waals surface area (Å²) in [7, 11) is 0. The van der Waals surface area contributed by atoms with Gasteiger partial charge in [-0.3, -0.25) is 4.90 Å². The van der Waals surface area contributed by atoms with Gasteiger partial charge in [0.2, 0.25) is 0 Å². The van der Waals surface area contributed by atoms with Crippen molar-refractivity contribution in [3.63, 3.8) is 0 Å². The van der Waals surface area contributed by atoms with Crippen molar-refractivity contribution in [1.29, 1.82) is 0 Å². The van der Waals surface area contributed by atoms with E-state index >= 15 is 0 Å². The molecule has 140 valence electrons. The van der Waals surface area contributed by atoms with Gasteiger partial charge in [-0.25, -0.2) is 4.39 Å². The second-order valence-corrected chi connectivity index (χ2v) is 8.05. The van der Waals surface area contributed by atoms with Crippen LogP contribution in [0.1, 0.15) is 56.2 Å². The first-order valence-electron chi connectivity index (χ1n) is 10.1. The smallest absolute Gasteiger partial charge is 0.108 e. The predicted octanol–water partition coefficient (Wildman–Crippen LogP) is 5.79. The number of aryl methyl sites for hydroxylation is 1. The van der Waals surface area contributed by atoms with E-state index in [2.05, 4.69) is 80.3 Å². The molecule has 0 N–H and O–H groups in total. The van der Waals surface area contributed by atoms with E-state index in [0.29, 0.717) is 18.5 Å². The van der Waals surface area contributed by atoms with Crippen LogP contribution in [0.2, 0.25) is 0 Å². The summed E-state index contributed by atoms with van der Waals surface area (Å²) in [6, 6.07) is 20.5. The molecule has 2 heteroatoms. The van der Waals surface area contributed by atoms with Crippen molar-refractivity contribution in [2.75, 3.05) is 6.54 Å². The molecule has 0 heterocycles. The summed E-state index contributed by atoms with van der Waals surface area (Å²) in [5.41, 5.74) is 3.94. The van der Waals surface area contributed by atoms with Gasteiger partial charge in [-0.15, -0.1) is 0 Å². The average Bonchev–Trinajstić information content (AvgIpc) is 3.38. The number of hydrogen-bond donors (Lipinski definition) is 0. The van der Waals surface area contributed by atoms with Gasteiger partial charge in [-0.1, -0.05) is 54.6 Å². The molecule has 0 radical (unpaired) electrons. The molecule has 2 aromatic carbocycles. The van der Waals surface area contributed by atoms with Crippen LogP contribution in [0.15, 0.2) is 54.6 Å². The summed E-state index contributed by atoms with van der Waals surface area (Å²) in [4.78, 5) is 2.61. The summed E-state index contributed by atoms with van der Waals surface area (Å²) >= 11 is 0. The molecule has 0 saturated heterocycles. The fourth-order valence-electron chi connectivity index (χ4n) is 3.87. The summed E-state index contributed by atoms with van der Waals surface area (Å²) in [5, 5.41) is 0. The van der Waals surface area contributed by atoms with Gasteiger partial charge < -0.3 is 0 Å². The van der Waals surface area contributed by atoms with E-state index in [1.807, 2.05) is 0 Å². The van der Waals surface area contributed by atoms with E-state index in [0.717, 1.165) is 25.8 Å². The maximum Gasteiger partial charge on any atom is 0.108 e. The fourth-order valence-corrected chi connectivity index (χ4v) is 3.87. The van der Waals surface area contributed by atoms with E-state index in [1.165, 1.54) is 16.7 Å². The molecule has 3 rings (SSSR count). The molecule has 26 heavy (non-hydrogen) atoms. The van der Waals surface area contributed by atoms with Crippen LogP contribution >= 0.6 is 0 Å². The van der Waals surface area contributed by atoms with Crippen LogP contribution in [0.5, 0.6) is 0 Å². The Labute approximate surface area is 158 Å². The normalized spacial score (nSPS) is 20.5. The minimum absolute atomic E-state index is 0.164. The highest BCUT2D eigenvalue weighted by Gasteiger charge is 2.38. The van der Waals surface area contributed by atoms with Crippen LogP contribution in [-0.2, 0) is 12.8 Å². The van der Waals surface area contributed by atoms with E-state index in [9.17, 15) is 4.39 Å². The van der Waals surface area contributed by atoms with Crippen molar-refractivity contribution in [3.05, 3.63) is 71.3 Å². The highest BCUT2D eigenvalue weighted by Crippen LogP contribution is 2.43. The Balaban J connectivity index is 1.50. The Morgan fingerprint density at radius 1 is 0.923 bits per heavy atom. The zero-order chi connectivity index (χ0) is 18.5. The van der Waals surface area contributed by atoms with Crippen molar-refractivity contribution in [1.82, 2.24) is 4.90 Å². The van der Waals surface area contributed by atoms with Crippen LogP contribution in [-0.4, -0.2) is 29.7 Å². The topological polar surface area (TPSA) is 3.24 Å². The Bertz CT molecular complexity index is 664. The molecule has 3 unspecified atom stereocenters. The maximum atomic E-state index is 13.2. The number of halogens is 1. The van der Waals surface area contributed by atoms with Crippen molar-refractivity contribution in [3.8, 4) is 0 Å². The van der Waals surface area contributed by atoms with Crippen LogP contribution < -0.4 is 0 Å². The fraction of sp³-hybridized carbons (Fsp3) is 0.500. The Morgan fingerprint density at radius 2 is 1.54 bits per heavy atom. The van der Waals surface area contributed by atoms with Gasteiger partial charge in [0.25, 0.3) is 0 Å². The third-order valence-corrected chi connectivity index (χ3v) is 5.70. The molecular formula is C24H32FN. The second kappa shape index (κ2) is 8.81. The number of nitrogens with zero attached hydrogens (tertiary/aromatic N) is 1. The Morgan fingerprint density at radius 3 is 2.12 bits per heavy atom. The molecular weight excluding hydrogens is 321 g/mol. The lowest BCUT2D eigenvalue weighted by molar-refractivity contribution is 0.158. The monoisotopic (exact) mass is 353 g/mol. The largest absolute Gasteiger partial charge is 0.298 e. The van der Waals surface area contributed by atoms with Gasteiger partial charge in [0.05, 0.1) is 0 Å².